The molecule has 0 radical (unpaired) electrons. The highest BCUT2D eigenvalue weighted by atomic mass is 32.2. The standard InChI is InChI=1S/C34H21N3S/c1-2-12-23-22(10-1)11-7-13-24(23)31-25-14-8-21-36-33(25)34(26-15-9-20-35-32(26)31)37-27-16-3-5-18-29(27)38-30-19-6-4-17-28(30)37/h1-21H. The molecule has 0 N–H and O–H groups in total. The highest BCUT2D eigenvalue weighted by molar-refractivity contribution is 7.99. The van der Waals surface area contributed by atoms with E-state index in [2.05, 4.69) is 108 Å². The van der Waals surface area contributed by atoms with Crippen LogP contribution in [0, 0.1) is 0 Å². The molecule has 38 heavy (non-hydrogen) atoms. The number of hydrogen-bond acceptors (Lipinski definition) is 4. The first kappa shape index (κ1) is 21.4. The Morgan fingerprint density at radius 3 is 1.89 bits per heavy atom. The van der Waals surface area contributed by atoms with Gasteiger partial charge in [0.2, 0.25) is 0 Å². The van der Waals surface area contributed by atoms with Crippen LogP contribution in [0.15, 0.2) is 137 Å². The Morgan fingerprint density at radius 2 is 1.11 bits per heavy atom. The van der Waals surface area contributed by atoms with Crippen LogP contribution >= 0.6 is 11.8 Å². The summed E-state index contributed by atoms with van der Waals surface area (Å²) in [6, 6.07) is 40.8. The Hall–Kier alpha value is -4.67. The lowest BCUT2D eigenvalue weighted by Crippen LogP contribution is -2.16. The van der Waals surface area contributed by atoms with Crippen LogP contribution in [-0.2, 0) is 0 Å². The Bertz CT molecular complexity index is 1920. The van der Waals surface area contributed by atoms with Gasteiger partial charge in [-0.2, -0.15) is 0 Å². The summed E-state index contributed by atoms with van der Waals surface area (Å²) >= 11 is 1.82. The molecule has 0 fully saturated rings. The van der Waals surface area contributed by atoms with E-state index in [0.717, 1.165) is 44.4 Å². The van der Waals surface area contributed by atoms with E-state index in [1.807, 2.05) is 36.3 Å². The molecule has 4 heteroatoms. The van der Waals surface area contributed by atoms with Crippen molar-refractivity contribution in [3.05, 3.63) is 128 Å². The molecule has 0 aliphatic carbocycles. The van der Waals surface area contributed by atoms with Gasteiger partial charge in [-0.3, -0.25) is 9.97 Å². The van der Waals surface area contributed by atoms with Crippen LogP contribution in [0.3, 0.4) is 0 Å². The predicted molar refractivity (Wildman–Crippen MR) is 159 cm³/mol. The van der Waals surface area contributed by atoms with Crippen LogP contribution in [0.2, 0.25) is 0 Å². The van der Waals surface area contributed by atoms with Gasteiger partial charge in [-0.1, -0.05) is 84.6 Å². The maximum Gasteiger partial charge on any atom is 0.0956 e. The van der Waals surface area contributed by atoms with Gasteiger partial charge in [0.15, 0.2) is 0 Å². The molecule has 0 bridgehead atoms. The highest BCUT2D eigenvalue weighted by Crippen LogP contribution is 2.54. The fourth-order valence-electron chi connectivity index (χ4n) is 5.73. The molecule has 3 heterocycles. The van der Waals surface area contributed by atoms with E-state index in [4.69, 9.17) is 9.97 Å². The summed E-state index contributed by atoms with van der Waals surface area (Å²) in [7, 11) is 0. The maximum absolute atomic E-state index is 5.04. The quantitative estimate of drug-likeness (QED) is 0.220. The molecular formula is C34H21N3S. The van der Waals surface area contributed by atoms with Gasteiger partial charge < -0.3 is 4.90 Å². The first-order valence-electron chi connectivity index (χ1n) is 12.7. The van der Waals surface area contributed by atoms with Crippen molar-refractivity contribution in [2.45, 2.75) is 9.79 Å². The first-order valence-corrected chi connectivity index (χ1v) is 13.5. The van der Waals surface area contributed by atoms with Gasteiger partial charge >= 0.3 is 0 Å². The molecule has 0 saturated heterocycles. The number of pyridine rings is 2. The Morgan fingerprint density at radius 1 is 0.500 bits per heavy atom. The monoisotopic (exact) mass is 503 g/mol. The van der Waals surface area contributed by atoms with E-state index in [1.54, 1.807) is 0 Å². The van der Waals surface area contributed by atoms with Crippen LogP contribution in [0.5, 0.6) is 0 Å². The third-order valence-electron chi connectivity index (χ3n) is 7.32. The maximum atomic E-state index is 5.04. The zero-order valence-electron chi connectivity index (χ0n) is 20.4. The lowest BCUT2D eigenvalue weighted by Gasteiger charge is -2.34. The second-order valence-corrected chi connectivity index (χ2v) is 10.5. The fraction of sp³-hybridized carbons (Fsp3) is 0. The molecule has 7 aromatic rings. The van der Waals surface area contributed by atoms with Crippen LogP contribution in [0.4, 0.5) is 17.1 Å². The minimum absolute atomic E-state index is 0.965. The molecule has 2 aromatic heterocycles. The van der Waals surface area contributed by atoms with Gasteiger partial charge in [0.25, 0.3) is 0 Å². The summed E-state index contributed by atoms with van der Waals surface area (Å²) in [5, 5.41) is 4.60. The van der Waals surface area contributed by atoms with E-state index in [0.29, 0.717) is 0 Å². The first-order chi connectivity index (χ1) is 18.9. The van der Waals surface area contributed by atoms with Gasteiger partial charge in [-0.15, -0.1) is 0 Å². The number of para-hydroxylation sites is 2. The predicted octanol–water partition coefficient (Wildman–Crippen LogP) is 9.54. The minimum Gasteiger partial charge on any atom is -0.305 e. The third kappa shape index (κ3) is 3.11. The molecule has 1 aliphatic heterocycles. The molecule has 1 aliphatic rings. The summed E-state index contributed by atoms with van der Waals surface area (Å²) in [5.41, 5.74) is 7.62. The lowest BCUT2D eigenvalue weighted by atomic mass is 9.91. The van der Waals surface area contributed by atoms with Gasteiger partial charge in [0.05, 0.1) is 28.1 Å². The second kappa shape index (κ2) is 8.44. The zero-order chi connectivity index (χ0) is 25.1. The SMILES string of the molecule is c1ccc2c(c1)Sc1ccccc1N2c1c2cccnc2c(-c2cccc3ccccc23)c2cccnc12. The lowest BCUT2D eigenvalue weighted by molar-refractivity contribution is 1.17. The summed E-state index contributed by atoms with van der Waals surface area (Å²) in [5.74, 6) is 0. The van der Waals surface area contributed by atoms with Crippen LogP contribution < -0.4 is 4.90 Å². The average molecular weight is 504 g/mol. The van der Waals surface area contributed by atoms with Crippen molar-refractivity contribution in [2.24, 2.45) is 0 Å². The number of aromatic nitrogens is 2. The third-order valence-corrected chi connectivity index (χ3v) is 8.45. The molecule has 0 atom stereocenters. The van der Waals surface area contributed by atoms with Crippen molar-refractivity contribution in [1.82, 2.24) is 9.97 Å². The van der Waals surface area contributed by atoms with Gasteiger partial charge in [-0.25, -0.2) is 0 Å². The van der Waals surface area contributed by atoms with Crippen molar-refractivity contribution in [2.75, 3.05) is 4.90 Å². The van der Waals surface area contributed by atoms with Gasteiger partial charge in [0, 0.05) is 38.5 Å². The number of fused-ring (bicyclic) bond motifs is 5. The van der Waals surface area contributed by atoms with E-state index in [-0.39, 0.29) is 0 Å². The molecule has 5 aromatic carbocycles. The molecule has 0 spiro atoms. The number of nitrogens with zero attached hydrogens (tertiary/aromatic N) is 3. The van der Waals surface area contributed by atoms with Crippen LogP contribution in [-0.4, -0.2) is 9.97 Å². The van der Waals surface area contributed by atoms with E-state index in [9.17, 15) is 0 Å². The minimum atomic E-state index is 0.965. The fourth-order valence-corrected chi connectivity index (χ4v) is 6.79. The van der Waals surface area contributed by atoms with Crippen molar-refractivity contribution >= 4 is 61.4 Å². The van der Waals surface area contributed by atoms with Crippen molar-refractivity contribution in [3.63, 3.8) is 0 Å². The molecule has 0 unspecified atom stereocenters. The van der Waals surface area contributed by atoms with E-state index in [1.165, 1.54) is 26.1 Å². The summed E-state index contributed by atoms with van der Waals surface area (Å²) in [4.78, 5) is 14.9. The molecule has 0 amide bonds. The Kier molecular flexibility index (Phi) is 4.76. The second-order valence-electron chi connectivity index (χ2n) is 9.42. The summed E-state index contributed by atoms with van der Waals surface area (Å²) in [6.07, 6.45) is 3.80. The molecule has 3 nitrogen and oxygen atoms in total. The molecular weight excluding hydrogens is 482 g/mol. The van der Waals surface area contributed by atoms with Gasteiger partial charge in [-0.05, 0) is 58.8 Å². The topological polar surface area (TPSA) is 29.0 Å². The van der Waals surface area contributed by atoms with Crippen LogP contribution in [0.1, 0.15) is 0 Å². The summed E-state index contributed by atoms with van der Waals surface area (Å²) < 4.78 is 0. The highest BCUT2D eigenvalue weighted by Gasteiger charge is 2.29. The zero-order valence-corrected chi connectivity index (χ0v) is 21.2. The van der Waals surface area contributed by atoms with Gasteiger partial charge in [0.1, 0.15) is 0 Å². The number of anilines is 3. The average Bonchev–Trinajstić information content (AvgIpc) is 2.99. The largest absolute Gasteiger partial charge is 0.305 e. The van der Waals surface area contributed by atoms with Crippen molar-refractivity contribution < 1.29 is 0 Å². The Labute approximate surface area is 224 Å². The summed E-state index contributed by atoms with van der Waals surface area (Å²) in [6.45, 7) is 0. The molecule has 0 saturated carbocycles. The number of rotatable bonds is 2. The number of benzene rings is 5. The number of hydrogen-bond donors (Lipinski definition) is 0. The molecule has 178 valence electrons. The van der Waals surface area contributed by atoms with Crippen molar-refractivity contribution in [3.8, 4) is 11.1 Å². The van der Waals surface area contributed by atoms with E-state index >= 15 is 0 Å². The smallest absolute Gasteiger partial charge is 0.0956 e. The van der Waals surface area contributed by atoms with Crippen molar-refractivity contribution in [1.29, 1.82) is 0 Å². The normalized spacial score (nSPS) is 12.6. The van der Waals surface area contributed by atoms with Crippen LogP contribution in [0.25, 0.3) is 43.7 Å². The molecule has 8 rings (SSSR count). The van der Waals surface area contributed by atoms with E-state index < -0.39 is 0 Å². The Balaban J connectivity index is 1.55.